The fourth-order valence-electron chi connectivity index (χ4n) is 11.6. The minimum Gasteiger partial charge on any atom is -0.508 e. The number of primary amides is 1. The predicted molar refractivity (Wildman–Crippen MR) is 413 cm³/mol. The van der Waals surface area contributed by atoms with E-state index >= 15 is 0 Å². The summed E-state index contributed by atoms with van der Waals surface area (Å²) in [5, 5.41) is 37.0. The van der Waals surface area contributed by atoms with Gasteiger partial charge in [0.2, 0.25) is 47.3 Å². The van der Waals surface area contributed by atoms with Crippen LogP contribution in [0.2, 0.25) is 0 Å². The smallest absolute Gasteiger partial charge is 0.408 e. The molecule has 112 heavy (non-hydrogen) atoms. The average molecular weight is 1540 g/mol. The predicted octanol–water partition coefficient (Wildman–Crippen LogP) is 5.77. The Hall–Kier alpha value is -12.6. The monoisotopic (exact) mass is 1540 g/mol. The van der Waals surface area contributed by atoms with Crippen molar-refractivity contribution in [1.82, 2.24) is 58.2 Å². The number of fused-ring (bicyclic) bond motifs is 1. The van der Waals surface area contributed by atoms with E-state index in [2.05, 4.69) is 58.2 Å². The summed E-state index contributed by atoms with van der Waals surface area (Å²) < 4.78 is 21.7. The third-order valence-corrected chi connectivity index (χ3v) is 17.1. The molecule has 0 aliphatic rings. The second kappa shape index (κ2) is 43.5. The number of carbonyl (C=O) groups is 13. The second-order valence-electron chi connectivity index (χ2n) is 28.6. The second-order valence-corrected chi connectivity index (χ2v) is 28.6. The van der Waals surface area contributed by atoms with Crippen LogP contribution in [-0.4, -0.2) is 161 Å². The first kappa shape index (κ1) is 86.6. The van der Waals surface area contributed by atoms with Gasteiger partial charge >= 0.3 is 24.1 Å². The molecule has 0 spiro atoms. The summed E-state index contributed by atoms with van der Waals surface area (Å²) in [7, 11) is 0. The number of amides is 11. The summed E-state index contributed by atoms with van der Waals surface area (Å²) >= 11 is 0. The van der Waals surface area contributed by atoms with Crippen molar-refractivity contribution in [2.45, 2.75) is 172 Å². The number of nitrogens with two attached hydrogens (primary N) is 1. The molecule has 7 aromatic rings. The topological polar surface area (TPSA) is 441 Å². The first-order valence-corrected chi connectivity index (χ1v) is 36.9. The lowest BCUT2D eigenvalue weighted by atomic mass is 9.99. The number of nitrogens with one attached hydrogen (secondary N) is 11. The van der Waals surface area contributed by atoms with Crippen LogP contribution in [0.3, 0.4) is 0 Å². The van der Waals surface area contributed by atoms with Crippen LogP contribution in [0.15, 0.2) is 176 Å². The number of ether oxygens (including phenoxy) is 4. The van der Waals surface area contributed by atoms with Gasteiger partial charge in [-0.3, -0.25) is 52.7 Å². The molecule has 6 atom stereocenters. The fraction of sp³-hybridized carbons (Fsp3) is 0.378. The van der Waals surface area contributed by atoms with E-state index in [0.29, 0.717) is 22.3 Å². The molecule has 7 rings (SSSR count). The maximum absolute atomic E-state index is 14.8. The maximum atomic E-state index is 14.8. The molecule has 596 valence electrons. The number of carbonyl (C=O) groups excluding carboxylic acids is 13. The van der Waals surface area contributed by atoms with E-state index < -0.39 is 157 Å². The molecule has 0 saturated carbocycles. The van der Waals surface area contributed by atoms with Crippen molar-refractivity contribution in [3.63, 3.8) is 0 Å². The molecule has 6 aromatic carbocycles. The van der Waals surface area contributed by atoms with Crippen molar-refractivity contribution in [3.8, 4) is 5.75 Å². The Labute approximate surface area is 649 Å². The van der Waals surface area contributed by atoms with Crippen LogP contribution in [0.4, 0.5) is 9.59 Å². The summed E-state index contributed by atoms with van der Waals surface area (Å²) in [5.41, 5.74) is 8.50. The number of H-pyrrole nitrogens is 1. The molecule has 11 amide bonds. The number of rotatable bonds is 41. The summed E-state index contributed by atoms with van der Waals surface area (Å²) in [5.74, 6) is -9.30. The van der Waals surface area contributed by atoms with Crippen molar-refractivity contribution in [2.75, 3.05) is 26.2 Å². The lowest BCUT2D eigenvalue weighted by Gasteiger charge is -2.27. The molecule has 0 aliphatic carbocycles. The van der Waals surface area contributed by atoms with Crippen molar-refractivity contribution in [3.05, 3.63) is 209 Å². The summed E-state index contributed by atoms with van der Waals surface area (Å²) in [6.45, 7) is 8.08. The third-order valence-electron chi connectivity index (χ3n) is 17.1. The third kappa shape index (κ3) is 31.2. The number of aromatic nitrogens is 1. The number of benzene rings is 6. The van der Waals surface area contributed by atoms with Gasteiger partial charge in [-0.2, -0.15) is 0 Å². The Morgan fingerprint density at radius 1 is 0.429 bits per heavy atom. The van der Waals surface area contributed by atoms with Crippen molar-refractivity contribution < 1.29 is 86.4 Å². The first-order chi connectivity index (χ1) is 53.4. The van der Waals surface area contributed by atoms with Gasteiger partial charge in [0.25, 0.3) is 5.91 Å². The fourth-order valence-corrected chi connectivity index (χ4v) is 11.6. The number of para-hydroxylation sites is 1. The van der Waals surface area contributed by atoms with Gasteiger partial charge < -0.3 is 87.9 Å². The standard InChI is InChI=1S/C82H100N12O18/c1-81(2,3)111-70(99)46-66(78(106)90-63(73(83)101)43-52-25-11-7-12-26-52)91-75(103)62(89-77(105)65(45-57-48-86-60-34-20-19-33-59(57)60)92-79(107)110-50-54-27-13-8-14-28-54)36-22-24-42-85-68(97)47-67(96)84-41-23-21-35-61(88-76(104)64(93-80(108)112-82(4,5)6)44-53-37-39-58(95)40-38-53)74(102)87-49-71(100)109-51-69(98)94-72(55-29-15-9-16-30-55)56-31-17-10-18-32-56/h7-20,25-34,37-40,48,61-66,72,86,95H,21-24,35-36,41-47,49-51H2,1-6H3,(H2,83,101)(H,84,96)(H,85,97)(H,87,102)(H,88,104)(H,89,105)(H,90,106)(H,91,103)(H,92,107)(H,93,108)(H,94,98)/t61-,62-,63-,64-,65-,66-/m0/s1. The molecule has 0 radical (unpaired) electrons. The van der Waals surface area contributed by atoms with Gasteiger partial charge in [-0.25, -0.2) is 9.59 Å². The highest BCUT2D eigenvalue weighted by Crippen LogP contribution is 2.24. The van der Waals surface area contributed by atoms with E-state index in [1.807, 2.05) is 78.9 Å². The highest BCUT2D eigenvalue weighted by Gasteiger charge is 2.35. The van der Waals surface area contributed by atoms with Crippen LogP contribution >= 0.6 is 0 Å². The number of phenolic OH excluding ortho intramolecular Hbond substituents is 1. The van der Waals surface area contributed by atoms with Gasteiger partial charge in [-0.15, -0.1) is 0 Å². The van der Waals surface area contributed by atoms with E-state index in [4.69, 9.17) is 24.7 Å². The molecule has 0 aliphatic heterocycles. The van der Waals surface area contributed by atoms with Gasteiger partial charge in [-0.05, 0) is 132 Å². The van der Waals surface area contributed by atoms with Crippen LogP contribution < -0.4 is 58.9 Å². The molecule has 30 nitrogen and oxygen atoms in total. The van der Waals surface area contributed by atoms with Crippen LogP contribution in [0.25, 0.3) is 10.9 Å². The Kier molecular flexibility index (Phi) is 33.7. The molecular weight excluding hydrogens is 1440 g/mol. The molecule has 1 aromatic heterocycles. The molecule has 0 bridgehead atoms. The number of esters is 2. The molecule has 1 heterocycles. The van der Waals surface area contributed by atoms with Crippen LogP contribution in [0, 0.1) is 0 Å². The largest absolute Gasteiger partial charge is 0.508 e. The number of hydrogen-bond donors (Lipinski definition) is 13. The molecule has 0 unspecified atom stereocenters. The summed E-state index contributed by atoms with van der Waals surface area (Å²) in [6.07, 6.45) is -1.50. The Balaban J connectivity index is 0.984. The van der Waals surface area contributed by atoms with Gasteiger partial charge in [0.05, 0.1) is 12.5 Å². The SMILES string of the molecule is CC(C)(C)OC(=O)C[C@H](NC(=O)[C@H](CCCCNC(=O)CC(=O)NCCCC[C@H](NC(=O)[C@H](Cc1ccc(O)cc1)NC(=O)OC(C)(C)C)C(=O)NCC(=O)OCC(=O)NC(c1ccccc1)c1ccccc1)NC(=O)[C@H](Cc1c[nH]c2ccccc12)NC(=O)OCc1ccccc1)C(=O)N[C@@H](Cc1ccccc1)C(N)=O. The lowest BCUT2D eigenvalue weighted by molar-refractivity contribution is -0.156. The van der Waals surface area contributed by atoms with E-state index in [1.54, 1.807) is 114 Å². The van der Waals surface area contributed by atoms with Crippen molar-refractivity contribution in [2.24, 2.45) is 5.73 Å². The van der Waals surface area contributed by atoms with E-state index in [9.17, 15) is 67.4 Å². The maximum Gasteiger partial charge on any atom is 0.408 e. The Morgan fingerprint density at radius 3 is 1.46 bits per heavy atom. The molecule has 0 saturated heterocycles. The van der Waals surface area contributed by atoms with Crippen LogP contribution in [-0.2, 0) is 97.6 Å². The summed E-state index contributed by atoms with van der Waals surface area (Å²) in [4.78, 5) is 181. The number of hydrogen-bond acceptors (Lipinski definition) is 18. The zero-order valence-electron chi connectivity index (χ0n) is 63.6. The number of phenols is 1. The van der Waals surface area contributed by atoms with Gasteiger partial charge in [-0.1, -0.05) is 152 Å². The van der Waals surface area contributed by atoms with Crippen molar-refractivity contribution >= 4 is 88.2 Å². The molecule has 0 fully saturated rings. The minimum atomic E-state index is -1.70. The van der Waals surface area contributed by atoms with Gasteiger partial charge in [0, 0.05) is 49.5 Å². The average Bonchev–Trinajstić information content (AvgIpc) is 1.63. The molecule has 30 heteroatoms. The number of unbranched alkanes of at least 4 members (excludes halogenated alkanes) is 2. The number of alkyl carbamates (subject to hydrolysis) is 2. The zero-order valence-corrected chi connectivity index (χ0v) is 63.6. The van der Waals surface area contributed by atoms with Crippen molar-refractivity contribution in [1.29, 1.82) is 0 Å². The minimum absolute atomic E-state index is 0.0101. The van der Waals surface area contributed by atoms with E-state index in [-0.39, 0.29) is 83.2 Å². The first-order valence-electron chi connectivity index (χ1n) is 36.9. The zero-order chi connectivity index (χ0) is 81.2. The Morgan fingerprint density at radius 2 is 0.893 bits per heavy atom. The normalized spacial score (nSPS) is 12.8. The van der Waals surface area contributed by atoms with E-state index in [0.717, 1.165) is 22.0 Å². The molecule has 14 N–H and O–H groups in total. The number of aromatic hydroxyl groups is 1. The summed E-state index contributed by atoms with van der Waals surface area (Å²) in [6, 6.07) is 39.7. The molecular formula is C82H100N12O18. The van der Waals surface area contributed by atoms with Gasteiger partial charge in [0.1, 0.15) is 72.8 Å². The lowest BCUT2D eigenvalue weighted by Crippen LogP contribution is -2.59. The Bertz CT molecular complexity index is 4270. The van der Waals surface area contributed by atoms with Gasteiger partial charge in [0.15, 0.2) is 6.61 Å². The quantitative estimate of drug-likeness (QED) is 0.00935. The highest BCUT2D eigenvalue weighted by atomic mass is 16.6. The number of aromatic amines is 1. The van der Waals surface area contributed by atoms with E-state index in [1.165, 1.54) is 24.3 Å². The van der Waals surface area contributed by atoms with Crippen LogP contribution in [0.1, 0.15) is 132 Å². The van der Waals surface area contributed by atoms with Crippen LogP contribution in [0.5, 0.6) is 5.75 Å². The highest BCUT2D eigenvalue weighted by molar-refractivity contribution is 5.98.